The molecule has 10 atom stereocenters. The lowest BCUT2D eigenvalue weighted by Crippen LogP contribution is -2.62. The van der Waals surface area contributed by atoms with E-state index in [-0.39, 0.29) is 76.2 Å². The van der Waals surface area contributed by atoms with Crippen LogP contribution in [0, 0.1) is 17.8 Å². The molecule has 0 bridgehead atoms. The highest BCUT2D eigenvalue weighted by Crippen LogP contribution is 2.21. The molecule has 0 saturated carbocycles. The molecule has 24 N–H and O–H groups in total. The zero-order valence-electron chi connectivity index (χ0n) is 57.7. The van der Waals surface area contributed by atoms with Gasteiger partial charge in [0.25, 0.3) is 0 Å². The Kier molecular flexibility index (Phi) is 36.9. The van der Waals surface area contributed by atoms with Crippen LogP contribution in [0.2, 0.25) is 0 Å². The number of thioether (sulfide) groups is 1. The highest BCUT2D eigenvalue weighted by atomic mass is 32.2. The van der Waals surface area contributed by atoms with Crippen LogP contribution >= 0.6 is 11.8 Å². The van der Waals surface area contributed by atoms with Gasteiger partial charge in [-0.1, -0.05) is 94.8 Å². The summed E-state index contributed by atoms with van der Waals surface area (Å²) >= 11 is 1.50. The number of hydrogen-bond acceptors (Lipinski definition) is 17. The van der Waals surface area contributed by atoms with Crippen LogP contribution < -0.4 is 82.3 Å². The second-order valence-electron chi connectivity index (χ2n) is 25.4. The van der Waals surface area contributed by atoms with Gasteiger partial charge in [0.05, 0.1) is 6.17 Å². The molecule has 9 amide bonds. The molecule has 3 aromatic carbocycles. The number of carbonyl (C=O) groups is 10. The summed E-state index contributed by atoms with van der Waals surface area (Å²) in [6, 6.07) is 11.4. The number of amides is 9. The van der Waals surface area contributed by atoms with E-state index in [4.69, 9.17) is 34.4 Å². The van der Waals surface area contributed by atoms with Crippen molar-refractivity contribution in [2.45, 2.75) is 185 Å². The normalized spacial score (nSPS) is 14.3. The van der Waals surface area contributed by atoms with Crippen molar-refractivity contribution in [3.63, 3.8) is 0 Å². The maximum atomic E-state index is 14.9. The molecule has 0 radical (unpaired) electrons. The van der Waals surface area contributed by atoms with Crippen LogP contribution in [-0.2, 0) is 67.2 Å². The Morgan fingerprint density at radius 1 is 0.475 bits per heavy atom. The molecule has 0 aliphatic carbocycles. The predicted octanol–water partition coefficient (Wildman–Crippen LogP) is 0.777. The quantitative estimate of drug-likeness (QED) is 0.00955. The Bertz CT molecular complexity index is 3240. The number of aliphatic imine (C=N–C) groups is 1. The Morgan fingerprint density at radius 3 is 1.43 bits per heavy atom. The number of carbonyl (C=O) groups excluding carboxylic acids is 9. The third-order valence-electron chi connectivity index (χ3n) is 16.6. The first-order valence-corrected chi connectivity index (χ1v) is 35.4. The van der Waals surface area contributed by atoms with Crippen LogP contribution in [-0.4, -0.2) is 173 Å². The number of H-pyrrole nitrogens is 1. The van der Waals surface area contributed by atoms with Gasteiger partial charge in [0.1, 0.15) is 60.0 Å². The second-order valence-corrected chi connectivity index (χ2v) is 26.4. The SMILES string of the molecule is CSCCC[C@@H](NC(=O)[C@@H](Cc1c[nH]c2ccccc12)NC(=O)[C@@H](CCCCN)NC(=O)[C@@H](CCCCN)C(=O)O)C(=O)N[C@@H](C(=O)N[C@@H](C(=O)N[C@H](Cc1ccc(O)cc1)C(=O)N[C@H](Cc1ccccc1)C(=O)N[C@H](CCCN=C(N)N)C(=O)N[C@@H](N)CCCCN)C(C)C)C(C)C. The van der Waals surface area contributed by atoms with Gasteiger partial charge in [0.2, 0.25) is 53.2 Å². The molecule has 0 saturated heterocycles. The van der Waals surface area contributed by atoms with Gasteiger partial charge in [-0.25, -0.2) is 0 Å². The number of aromatic nitrogens is 1. The first-order valence-electron chi connectivity index (χ1n) is 34.0. The number of fused-ring (bicyclic) bond motifs is 1. The summed E-state index contributed by atoms with van der Waals surface area (Å²) < 4.78 is 0. The van der Waals surface area contributed by atoms with Crippen molar-refractivity contribution in [1.29, 1.82) is 0 Å². The summed E-state index contributed by atoms with van der Waals surface area (Å²) in [5, 5.41) is 46.0. The van der Waals surface area contributed by atoms with E-state index in [2.05, 4.69) is 57.8 Å². The molecule has 0 aliphatic rings. The molecule has 546 valence electrons. The zero-order chi connectivity index (χ0) is 73.0. The highest BCUT2D eigenvalue weighted by molar-refractivity contribution is 7.98. The maximum absolute atomic E-state index is 14.9. The first kappa shape index (κ1) is 82.6. The van der Waals surface area contributed by atoms with Crippen LogP contribution in [0.3, 0.4) is 0 Å². The average Bonchev–Trinajstić information content (AvgIpc) is 1.78. The lowest BCUT2D eigenvalue weighted by molar-refractivity contribution is -0.148. The number of rotatable bonds is 47. The summed E-state index contributed by atoms with van der Waals surface area (Å²) in [6.45, 7) is 7.81. The minimum atomic E-state index is -1.48. The number of para-hydroxylation sites is 1. The minimum Gasteiger partial charge on any atom is -0.508 e. The van der Waals surface area contributed by atoms with Gasteiger partial charge in [-0.15, -0.1) is 0 Å². The number of nitrogens with one attached hydrogen (secondary N) is 10. The molecule has 0 spiro atoms. The van der Waals surface area contributed by atoms with Gasteiger partial charge in [-0.3, -0.25) is 52.9 Å². The Hall–Kier alpha value is -8.84. The number of hydrogen-bond donors (Lipinski definition) is 18. The minimum absolute atomic E-state index is 0.0224. The van der Waals surface area contributed by atoms with E-state index in [0.717, 1.165) is 10.9 Å². The van der Waals surface area contributed by atoms with Gasteiger partial charge in [0, 0.05) is 42.9 Å². The monoisotopic (exact) mass is 1400 g/mol. The number of nitrogens with zero attached hydrogens (tertiary/aromatic N) is 1. The van der Waals surface area contributed by atoms with Crippen LogP contribution in [0.5, 0.6) is 5.75 Å². The van der Waals surface area contributed by atoms with Gasteiger partial charge in [-0.2, -0.15) is 11.8 Å². The van der Waals surface area contributed by atoms with Crippen molar-refractivity contribution in [3.05, 3.63) is 102 Å². The molecular weight excluding hydrogens is 1290 g/mol. The lowest BCUT2D eigenvalue weighted by Gasteiger charge is -2.30. The Balaban J connectivity index is 1.65. The zero-order valence-corrected chi connectivity index (χ0v) is 58.5. The van der Waals surface area contributed by atoms with Crippen molar-refractivity contribution in [2.24, 2.45) is 57.1 Å². The van der Waals surface area contributed by atoms with Crippen molar-refractivity contribution < 1.29 is 58.2 Å². The first-order chi connectivity index (χ1) is 47.3. The number of aliphatic carboxylic acids is 1. The van der Waals surface area contributed by atoms with Crippen LogP contribution in [0.4, 0.5) is 0 Å². The summed E-state index contributed by atoms with van der Waals surface area (Å²) in [7, 11) is 0. The van der Waals surface area contributed by atoms with Crippen LogP contribution in [0.1, 0.15) is 128 Å². The number of aromatic hydroxyl groups is 1. The fraction of sp³-hybridized carbons (Fsp3) is 0.551. The number of unbranched alkanes of at least 4 members (excludes halogenated alkanes) is 3. The molecule has 1 heterocycles. The van der Waals surface area contributed by atoms with E-state index in [0.29, 0.717) is 86.9 Å². The molecule has 0 fully saturated rings. The fourth-order valence-electron chi connectivity index (χ4n) is 11.0. The van der Waals surface area contributed by atoms with Crippen LogP contribution in [0.25, 0.3) is 10.9 Å². The van der Waals surface area contributed by atoms with Crippen molar-refractivity contribution in [3.8, 4) is 5.75 Å². The number of carboxylic acids is 1. The smallest absolute Gasteiger partial charge is 0.316 e. The van der Waals surface area contributed by atoms with E-state index < -0.39 is 131 Å². The molecule has 99 heavy (non-hydrogen) atoms. The number of nitrogens with two attached hydrogens (primary N) is 6. The molecule has 4 rings (SSSR count). The summed E-state index contributed by atoms with van der Waals surface area (Å²) in [5.41, 5.74) is 37.0. The van der Waals surface area contributed by atoms with Crippen molar-refractivity contribution in [1.82, 2.24) is 52.8 Å². The molecule has 1 aromatic heterocycles. The standard InChI is InChI=1S/C69H107N17O12S/c1-41(2)57(66(95)83-54(38-44-28-30-46(87)31-29-44)64(93)81-53(37-43-19-7-6-8-20-43)63(92)79-51(25-17-35-76-69(74)75)61(90)84-56(73)27-13-16-34-72)86-67(96)58(42(3)4)85-62(91)52(26-18-36-99-5)80-65(94)55(39-45-40-77-49-23-10-9-21-47(45)49)82-60(89)50(24-12-15-33-71)78-59(88)48(68(97)98)22-11-14-32-70/h6-10,19-21,23,28-31,40-42,48,50-58,77,87H,11-18,22,24-27,32-39,70-73H2,1-5H3,(H,78,88)(H,79,92)(H,80,94)(H,81,93)(H,82,89)(H,83,95)(H,84,90)(H,85,91)(H,86,96)(H,97,98)(H4,74,75,76)/t48-,50-,51-,52-,53-,54-,55-,56-,57-,58-/m1/s1. The maximum Gasteiger partial charge on any atom is 0.316 e. The molecular formula is C69H107N17O12S. The van der Waals surface area contributed by atoms with E-state index in [1.807, 2.05) is 30.5 Å². The summed E-state index contributed by atoms with van der Waals surface area (Å²) in [5.74, 6) is -10.8. The largest absolute Gasteiger partial charge is 0.508 e. The summed E-state index contributed by atoms with van der Waals surface area (Å²) in [4.78, 5) is 150. The van der Waals surface area contributed by atoms with Gasteiger partial charge >= 0.3 is 5.97 Å². The lowest BCUT2D eigenvalue weighted by atomic mass is 9.98. The van der Waals surface area contributed by atoms with Gasteiger partial charge in [0.15, 0.2) is 5.96 Å². The van der Waals surface area contributed by atoms with E-state index in [1.165, 1.54) is 23.9 Å². The third-order valence-corrected chi connectivity index (χ3v) is 17.3. The number of benzene rings is 3. The van der Waals surface area contributed by atoms with E-state index in [9.17, 15) is 58.2 Å². The number of guanidine groups is 1. The molecule has 30 heteroatoms. The molecule has 0 aliphatic heterocycles. The number of carboxylic acid groups (broad SMARTS) is 1. The third kappa shape index (κ3) is 29.3. The predicted molar refractivity (Wildman–Crippen MR) is 383 cm³/mol. The van der Waals surface area contributed by atoms with E-state index in [1.54, 1.807) is 76.4 Å². The molecule has 4 aromatic rings. The Morgan fingerprint density at radius 2 is 0.899 bits per heavy atom. The van der Waals surface area contributed by atoms with Crippen molar-refractivity contribution in [2.75, 3.05) is 38.2 Å². The highest BCUT2D eigenvalue weighted by Gasteiger charge is 2.38. The van der Waals surface area contributed by atoms with Gasteiger partial charge < -0.3 is 97.5 Å². The van der Waals surface area contributed by atoms with Crippen molar-refractivity contribution >= 4 is 87.8 Å². The van der Waals surface area contributed by atoms with E-state index >= 15 is 0 Å². The second kappa shape index (κ2) is 44.2. The number of aromatic amines is 1. The number of phenols is 1. The Labute approximate surface area is 584 Å². The fourth-order valence-corrected chi connectivity index (χ4v) is 11.5. The average molecular weight is 1400 g/mol. The number of phenolic OH excluding ortho intramolecular Hbond substituents is 1. The molecule has 29 nitrogen and oxygen atoms in total. The van der Waals surface area contributed by atoms with Gasteiger partial charge in [-0.05, 0) is 155 Å². The molecule has 0 unspecified atom stereocenters. The summed E-state index contributed by atoms with van der Waals surface area (Å²) in [6.07, 6.45) is 6.72. The van der Waals surface area contributed by atoms with Crippen LogP contribution in [0.15, 0.2) is 90.1 Å². The topological polar surface area (TPSA) is 504 Å².